The number of hydrogen-bond donors (Lipinski definition) is 1. The quantitative estimate of drug-likeness (QED) is 0.849. The van der Waals surface area contributed by atoms with Crippen LogP contribution in [0.3, 0.4) is 0 Å². The fourth-order valence-electron chi connectivity index (χ4n) is 2.29. The third-order valence-electron chi connectivity index (χ3n) is 3.46. The lowest BCUT2D eigenvalue weighted by molar-refractivity contribution is -0.122. The monoisotopic (exact) mass is 231 g/mol. The zero-order valence-electron chi connectivity index (χ0n) is 9.80. The molecule has 3 rings (SSSR count). The van der Waals surface area contributed by atoms with E-state index in [1.165, 1.54) is 0 Å². The van der Waals surface area contributed by atoms with Gasteiger partial charge in [0.2, 0.25) is 5.91 Å². The highest BCUT2D eigenvalue weighted by Gasteiger charge is 2.32. The van der Waals surface area contributed by atoms with Gasteiger partial charge < -0.3 is 10.2 Å². The first-order valence-corrected chi connectivity index (χ1v) is 6.29. The Hall–Kier alpha value is -1.58. The molecule has 1 aromatic heterocycles. The van der Waals surface area contributed by atoms with E-state index in [9.17, 15) is 4.79 Å². The van der Waals surface area contributed by atoms with Crippen LogP contribution in [-0.4, -0.2) is 30.0 Å². The number of hydrogen-bond acceptors (Lipinski definition) is 3. The van der Waals surface area contributed by atoms with Gasteiger partial charge in [-0.15, -0.1) is 0 Å². The van der Waals surface area contributed by atoms with Crippen LogP contribution < -0.4 is 10.2 Å². The molecule has 1 aliphatic heterocycles. The van der Waals surface area contributed by atoms with Crippen molar-refractivity contribution in [3.05, 3.63) is 24.4 Å². The summed E-state index contributed by atoms with van der Waals surface area (Å²) in [6, 6.07) is 6.24. The van der Waals surface area contributed by atoms with Gasteiger partial charge in [-0.3, -0.25) is 4.79 Å². The molecule has 1 N–H and O–H groups in total. The van der Waals surface area contributed by atoms with Crippen molar-refractivity contribution in [1.82, 2.24) is 10.3 Å². The van der Waals surface area contributed by atoms with E-state index in [4.69, 9.17) is 0 Å². The van der Waals surface area contributed by atoms with Gasteiger partial charge in [0.15, 0.2) is 0 Å². The zero-order valence-corrected chi connectivity index (χ0v) is 9.80. The van der Waals surface area contributed by atoms with Crippen molar-refractivity contribution in [2.75, 3.05) is 18.0 Å². The lowest BCUT2D eigenvalue weighted by Gasteiger charge is -2.17. The summed E-state index contributed by atoms with van der Waals surface area (Å²) in [5.74, 6) is 1.56. The van der Waals surface area contributed by atoms with E-state index < -0.39 is 0 Å². The average Bonchev–Trinajstić information content (AvgIpc) is 3.12. The molecule has 1 saturated carbocycles. The predicted molar refractivity (Wildman–Crippen MR) is 65.7 cm³/mol. The van der Waals surface area contributed by atoms with E-state index in [2.05, 4.69) is 15.2 Å². The van der Waals surface area contributed by atoms with Crippen molar-refractivity contribution in [2.45, 2.75) is 25.3 Å². The Labute approximate surface area is 101 Å². The minimum Gasteiger partial charge on any atom is -0.354 e. The highest BCUT2D eigenvalue weighted by Crippen LogP contribution is 2.29. The van der Waals surface area contributed by atoms with Crippen molar-refractivity contribution < 1.29 is 4.79 Å². The minimum atomic E-state index is 0.248. The molecule has 1 aromatic rings. The van der Waals surface area contributed by atoms with Gasteiger partial charge >= 0.3 is 0 Å². The van der Waals surface area contributed by atoms with Crippen LogP contribution in [0.4, 0.5) is 5.82 Å². The summed E-state index contributed by atoms with van der Waals surface area (Å²) in [5.41, 5.74) is 0. The average molecular weight is 231 g/mol. The van der Waals surface area contributed by atoms with Crippen molar-refractivity contribution in [2.24, 2.45) is 5.92 Å². The van der Waals surface area contributed by atoms with E-state index in [-0.39, 0.29) is 5.91 Å². The molecule has 2 fully saturated rings. The molecule has 2 heterocycles. The molecule has 1 aliphatic carbocycles. The first-order chi connectivity index (χ1) is 8.33. The van der Waals surface area contributed by atoms with Gasteiger partial charge in [0.05, 0.1) is 0 Å². The van der Waals surface area contributed by atoms with Crippen molar-refractivity contribution >= 4 is 11.7 Å². The van der Waals surface area contributed by atoms with Crippen LogP contribution in [0, 0.1) is 5.92 Å². The molecule has 2 aliphatic rings. The summed E-state index contributed by atoms with van der Waals surface area (Å²) in [5, 5.41) is 3.13. The number of rotatable bonds is 3. The largest absolute Gasteiger partial charge is 0.354 e. The molecule has 1 atom stereocenters. The van der Waals surface area contributed by atoms with Crippen molar-refractivity contribution in [3.8, 4) is 0 Å². The number of amides is 1. The molecule has 0 bridgehead atoms. The van der Waals surface area contributed by atoms with Gasteiger partial charge in [-0.2, -0.15) is 0 Å². The Morgan fingerprint density at radius 2 is 2.24 bits per heavy atom. The molecule has 0 unspecified atom stereocenters. The van der Waals surface area contributed by atoms with Gasteiger partial charge in [0, 0.05) is 31.2 Å². The highest BCUT2D eigenvalue weighted by molar-refractivity contribution is 5.81. The second kappa shape index (κ2) is 4.35. The maximum atomic E-state index is 11.7. The molecule has 0 aromatic carbocycles. The Morgan fingerprint density at radius 3 is 2.94 bits per heavy atom. The summed E-state index contributed by atoms with van der Waals surface area (Å²) < 4.78 is 0. The standard InChI is InChI=1S/C13H17N3O/c17-13(10-4-5-10)15-11-6-8-16(9-11)12-3-1-2-7-14-12/h1-3,7,10-11H,4-6,8-9H2,(H,15,17)/t11-/m0/s1. The number of aromatic nitrogens is 1. The number of pyridine rings is 1. The molecular formula is C13H17N3O. The normalized spacial score (nSPS) is 23.8. The molecule has 4 heteroatoms. The molecular weight excluding hydrogens is 214 g/mol. The molecule has 4 nitrogen and oxygen atoms in total. The first kappa shape index (κ1) is 10.6. The second-order valence-electron chi connectivity index (χ2n) is 4.90. The topological polar surface area (TPSA) is 45.2 Å². The Bertz CT molecular complexity index is 402. The third-order valence-corrected chi connectivity index (χ3v) is 3.46. The summed E-state index contributed by atoms with van der Waals surface area (Å²) >= 11 is 0. The highest BCUT2D eigenvalue weighted by atomic mass is 16.2. The van der Waals surface area contributed by atoms with Gasteiger partial charge in [-0.1, -0.05) is 6.07 Å². The van der Waals surface area contributed by atoms with Crippen molar-refractivity contribution in [3.63, 3.8) is 0 Å². The van der Waals surface area contributed by atoms with Crippen LogP contribution in [0.15, 0.2) is 24.4 Å². The maximum Gasteiger partial charge on any atom is 0.223 e. The van der Waals surface area contributed by atoms with E-state index in [1.807, 2.05) is 24.4 Å². The van der Waals surface area contributed by atoms with E-state index >= 15 is 0 Å². The van der Waals surface area contributed by atoms with Gasteiger partial charge in [0.1, 0.15) is 5.82 Å². The van der Waals surface area contributed by atoms with Crippen molar-refractivity contribution in [1.29, 1.82) is 0 Å². The SMILES string of the molecule is O=C(N[C@H]1CCN(c2ccccn2)C1)C1CC1. The fraction of sp³-hybridized carbons (Fsp3) is 0.538. The molecule has 0 spiro atoms. The predicted octanol–water partition coefficient (Wildman–Crippen LogP) is 1.19. The van der Waals surface area contributed by atoms with Gasteiger partial charge in [-0.25, -0.2) is 4.98 Å². The number of anilines is 1. The fourth-order valence-corrected chi connectivity index (χ4v) is 2.29. The van der Waals surface area contributed by atoms with Crippen LogP contribution in [-0.2, 0) is 4.79 Å². The Balaban J connectivity index is 1.56. The van der Waals surface area contributed by atoms with E-state index in [0.717, 1.165) is 38.2 Å². The number of nitrogens with zero attached hydrogens (tertiary/aromatic N) is 2. The number of carbonyl (C=O) groups is 1. The lowest BCUT2D eigenvalue weighted by atomic mass is 10.2. The Kier molecular flexibility index (Phi) is 2.71. The number of nitrogens with one attached hydrogen (secondary N) is 1. The second-order valence-corrected chi connectivity index (χ2v) is 4.90. The molecule has 90 valence electrons. The number of carbonyl (C=O) groups excluding carboxylic acids is 1. The van der Waals surface area contributed by atoms with E-state index in [0.29, 0.717) is 12.0 Å². The van der Waals surface area contributed by atoms with Crippen LogP contribution >= 0.6 is 0 Å². The summed E-state index contributed by atoms with van der Waals surface area (Å²) in [7, 11) is 0. The molecule has 1 amide bonds. The smallest absolute Gasteiger partial charge is 0.223 e. The van der Waals surface area contributed by atoms with Crippen LogP contribution in [0.25, 0.3) is 0 Å². The third kappa shape index (κ3) is 2.40. The Morgan fingerprint density at radius 1 is 1.35 bits per heavy atom. The van der Waals surface area contributed by atoms with Crippen LogP contribution in [0.2, 0.25) is 0 Å². The zero-order chi connectivity index (χ0) is 11.7. The minimum absolute atomic E-state index is 0.248. The van der Waals surface area contributed by atoms with Gasteiger partial charge in [-0.05, 0) is 31.4 Å². The summed E-state index contributed by atoms with van der Waals surface area (Å²) in [6.07, 6.45) is 4.98. The first-order valence-electron chi connectivity index (χ1n) is 6.29. The summed E-state index contributed by atoms with van der Waals surface area (Å²) in [6.45, 7) is 1.86. The van der Waals surface area contributed by atoms with Crippen LogP contribution in [0.5, 0.6) is 0 Å². The molecule has 0 radical (unpaired) electrons. The summed E-state index contributed by atoms with van der Waals surface area (Å²) in [4.78, 5) is 18.2. The molecule has 17 heavy (non-hydrogen) atoms. The maximum absolute atomic E-state index is 11.7. The molecule has 1 saturated heterocycles. The van der Waals surface area contributed by atoms with E-state index in [1.54, 1.807) is 0 Å². The van der Waals surface area contributed by atoms with Crippen LogP contribution in [0.1, 0.15) is 19.3 Å². The lowest BCUT2D eigenvalue weighted by Crippen LogP contribution is -2.38. The van der Waals surface area contributed by atoms with Gasteiger partial charge in [0.25, 0.3) is 0 Å².